The highest BCUT2D eigenvalue weighted by Crippen LogP contribution is 2.17. The van der Waals surface area contributed by atoms with Crippen LogP contribution in [0.3, 0.4) is 0 Å². The van der Waals surface area contributed by atoms with Crippen LogP contribution in [0, 0.1) is 19.7 Å². The number of nitrogens with zero attached hydrogens (tertiary/aromatic N) is 2. The Labute approximate surface area is 106 Å². The van der Waals surface area contributed by atoms with Gasteiger partial charge in [0, 0.05) is 12.4 Å². The molecule has 0 fully saturated rings. The van der Waals surface area contributed by atoms with Gasteiger partial charge in [-0.2, -0.15) is 0 Å². The normalized spacial score (nSPS) is 12.4. The summed E-state index contributed by atoms with van der Waals surface area (Å²) in [7, 11) is 0. The van der Waals surface area contributed by atoms with Crippen LogP contribution < -0.4 is 5.73 Å². The van der Waals surface area contributed by atoms with E-state index in [0.29, 0.717) is 12.2 Å². The molecule has 0 aliphatic heterocycles. The fourth-order valence-electron chi connectivity index (χ4n) is 1.78. The summed E-state index contributed by atoms with van der Waals surface area (Å²) in [6.07, 6.45) is 4.01. The van der Waals surface area contributed by atoms with E-state index in [0.717, 1.165) is 16.7 Å². The molecule has 1 heterocycles. The minimum atomic E-state index is -0.314. The largest absolute Gasteiger partial charge is 0.321 e. The highest BCUT2D eigenvalue weighted by Gasteiger charge is 2.12. The van der Waals surface area contributed by atoms with Crippen molar-refractivity contribution in [2.75, 3.05) is 0 Å². The van der Waals surface area contributed by atoms with Crippen molar-refractivity contribution in [2.45, 2.75) is 26.3 Å². The predicted octanol–water partition coefficient (Wildman–Crippen LogP) is 2.48. The van der Waals surface area contributed by atoms with Gasteiger partial charge in [0.05, 0.1) is 6.04 Å². The molecule has 2 aromatic rings. The summed E-state index contributed by atoms with van der Waals surface area (Å²) in [5.41, 5.74) is 8.96. The molecule has 0 aliphatic carbocycles. The monoisotopic (exact) mass is 245 g/mol. The zero-order valence-corrected chi connectivity index (χ0v) is 10.5. The highest BCUT2D eigenvalue weighted by molar-refractivity contribution is 5.28. The SMILES string of the molecule is Cc1cnc(C(N)Cc2cc(F)ccc2C)nc1. The summed E-state index contributed by atoms with van der Waals surface area (Å²) in [6, 6.07) is 4.41. The third-order valence-electron chi connectivity index (χ3n) is 2.88. The molecule has 2 rings (SSSR count). The average Bonchev–Trinajstić information content (AvgIpc) is 2.34. The van der Waals surface area contributed by atoms with E-state index in [-0.39, 0.29) is 11.9 Å². The molecule has 1 aromatic carbocycles. The van der Waals surface area contributed by atoms with E-state index in [1.807, 2.05) is 13.8 Å². The molecule has 1 aromatic heterocycles. The van der Waals surface area contributed by atoms with Gasteiger partial charge in [0.15, 0.2) is 0 Å². The predicted molar refractivity (Wildman–Crippen MR) is 68.5 cm³/mol. The summed E-state index contributed by atoms with van der Waals surface area (Å²) in [5.74, 6) is 0.344. The van der Waals surface area contributed by atoms with Crippen LogP contribution in [0.5, 0.6) is 0 Å². The Hall–Kier alpha value is -1.81. The molecule has 1 atom stereocenters. The van der Waals surface area contributed by atoms with Crippen molar-refractivity contribution in [3.63, 3.8) is 0 Å². The smallest absolute Gasteiger partial charge is 0.145 e. The Morgan fingerprint density at radius 2 is 1.89 bits per heavy atom. The maximum atomic E-state index is 13.2. The molecule has 0 amide bonds. The first-order chi connectivity index (χ1) is 8.56. The van der Waals surface area contributed by atoms with E-state index < -0.39 is 0 Å². The number of halogens is 1. The van der Waals surface area contributed by atoms with Crippen LogP contribution in [0.25, 0.3) is 0 Å². The number of hydrogen-bond donors (Lipinski definition) is 1. The fraction of sp³-hybridized carbons (Fsp3) is 0.286. The van der Waals surface area contributed by atoms with Crippen molar-refractivity contribution in [2.24, 2.45) is 5.73 Å². The Morgan fingerprint density at radius 1 is 1.22 bits per heavy atom. The summed E-state index contributed by atoms with van der Waals surface area (Å²) in [5, 5.41) is 0. The molecule has 2 N–H and O–H groups in total. The minimum absolute atomic E-state index is 0.243. The van der Waals surface area contributed by atoms with E-state index in [4.69, 9.17) is 5.73 Å². The zero-order valence-electron chi connectivity index (χ0n) is 10.5. The van der Waals surface area contributed by atoms with Crippen LogP contribution >= 0.6 is 0 Å². The molecule has 0 saturated carbocycles. The van der Waals surface area contributed by atoms with E-state index in [1.165, 1.54) is 12.1 Å². The van der Waals surface area contributed by atoms with Gasteiger partial charge < -0.3 is 5.73 Å². The third-order valence-corrected chi connectivity index (χ3v) is 2.88. The molecule has 94 valence electrons. The second kappa shape index (κ2) is 5.23. The van der Waals surface area contributed by atoms with Crippen molar-refractivity contribution in [1.29, 1.82) is 0 Å². The maximum absolute atomic E-state index is 13.2. The molecule has 18 heavy (non-hydrogen) atoms. The van der Waals surface area contributed by atoms with E-state index in [2.05, 4.69) is 9.97 Å². The van der Waals surface area contributed by atoms with Crippen LogP contribution in [-0.2, 0) is 6.42 Å². The van der Waals surface area contributed by atoms with E-state index in [9.17, 15) is 4.39 Å². The van der Waals surface area contributed by atoms with Gasteiger partial charge in [0.1, 0.15) is 11.6 Å². The van der Waals surface area contributed by atoms with Crippen LogP contribution in [0.4, 0.5) is 4.39 Å². The first-order valence-corrected chi connectivity index (χ1v) is 5.85. The third kappa shape index (κ3) is 2.90. The van der Waals surface area contributed by atoms with Crippen LogP contribution in [0.15, 0.2) is 30.6 Å². The quantitative estimate of drug-likeness (QED) is 0.903. The lowest BCUT2D eigenvalue weighted by molar-refractivity contribution is 0.616. The summed E-state index contributed by atoms with van der Waals surface area (Å²) >= 11 is 0. The van der Waals surface area contributed by atoms with Gasteiger partial charge in [0.25, 0.3) is 0 Å². The van der Waals surface area contributed by atoms with Crippen molar-refractivity contribution in [1.82, 2.24) is 9.97 Å². The van der Waals surface area contributed by atoms with Crippen molar-refractivity contribution < 1.29 is 4.39 Å². The van der Waals surface area contributed by atoms with Gasteiger partial charge in [-0.3, -0.25) is 0 Å². The number of rotatable bonds is 3. The number of nitrogens with two attached hydrogens (primary N) is 1. The number of benzene rings is 1. The number of hydrogen-bond acceptors (Lipinski definition) is 3. The Bertz CT molecular complexity index is 537. The van der Waals surface area contributed by atoms with Crippen molar-refractivity contribution in [3.05, 3.63) is 58.9 Å². The van der Waals surface area contributed by atoms with Crippen molar-refractivity contribution in [3.8, 4) is 0 Å². The van der Waals surface area contributed by atoms with Gasteiger partial charge in [-0.25, -0.2) is 14.4 Å². The van der Waals surface area contributed by atoms with Crippen LogP contribution in [0.1, 0.15) is 28.6 Å². The lowest BCUT2D eigenvalue weighted by Gasteiger charge is -2.12. The molecule has 0 saturated heterocycles. The van der Waals surface area contributed by atoms with Gasteiger partial charge >= 0.3 is 0 Å². The lowest BCUT2D eigenvalue weighted by atomic mass is 10.0. The maximum Gasteiger partial charge on any atom is 0.145 e. The molecular weight excluding hydrogens is 229 g/mol. The molecule has 3 nitrogen and oxygen atoms in total. The Balaban J connectivity index is 2.18. The second-order valence-corrected chi connectivity index (χ2v) is 4.50. The van der Waals surface area contributed by atoms with Gasteiger partial charge in [-0.15, -0.1) is 0 Å². The summed E-state index contributed by atoms with van der Waals surface area (Å²) in [6.45, 7) is 3.86. The molecule has 0 aliphatic rings. The summed E-state index contributed by atoms with van der Waals surface area (Å²) in [4.78, 5) is 8.39. The van der Waals surface area contributed by atoms with E-state index >= 15 is 0 Å². The topological polar surface area (TPSA) is 51.8 Å². The van der Waals surface area contributed by atoms with Gasteiger partial charge in [-0.1, -0.05) is 6.07 Å². The fourth-order valence-corrected chi connectivity index (χ4v) is 1.78. The molecule has 0 radical (unpaired) electrons. The molecule has 0 spiro atoms. The Morgan fingerprint density at radius 3 is 2.56 bits per heavy atom. The van der Waals surface area contributed by atoms with Crippen molar-refractivity contribution >= 4 is 0 Å². The van der Waals surface area contributed by atoms with Crippen LogP contribution in [-0.4, -0.2) is 9.97 Å². The van der Waals surface area contributed by atoms with Gasteiger partial charge in [-0.05, 0) is 49.1 Å². The van der Waals surface area contributed by atoms with Crippen LogP contribution in [0.2, 0.25) is 0 Å². The molecule has 0 bridgehead atoms. The minimum Gasteiger partial charge on any atom is -0.321 e. The first-order valence-electron chi connectivity index (χ1n) is 5.85. The van der Waals surface area contributed by atoms with Gasteiger partial charge in [0.2, 0.25) is 0 Å². The van der Waals surface area contributed by atoms with E-state index in [1.54, 1.807) is 18.5 Å². The second-order valence-electron chi connectivity index (χ2n) is 4.50. The number of aromatic nitrogens is 2. The standard InChI is InChI=1S/C14H16FN3/c1-9-7-17-14(18-8-9)13(16)6-11-5-12(15)4-3-10(11)2/h3-5,7-8,13H,6,16H2,1-2H3. The number of aryl methyl sites for hydroxylation is 2. The molecular formula is C14H16FN3. The molecule has 1 unspecified atom stereocenters. The highest BCUT2D eigenvalue weighted by atomic mass is 19.1. The summed E-state index contributed by atoms with van der Waals surface area (Å²) < 4.78 is 13.2. The Kier molecular flexibility index (Phi) is 3.67. The first kappa shape index (κ1) is 12.6. The zero-order chi connectivity index (χ0) is 13.1. The lowest BCUT2D eigenvalue weighted by Crippen LogP contribution is -2.17. The average molecular weight is 245 g/mol. The molecule has 4 heteroatoms.